The molecule has 0 aliphatic heterocycles. The summed E-state index contributed by atoms with van der Waals surface area (Å²) in [6.07, 6.45) is 4.48. The van der Waals surface area contributed by atoms with Crippen molar-refractivity contribution in [3.63, 3.8) is 0 Å². The minimum Gasteiger partial charge on any atom is -0.466 e. The molecule has 0 saturated heterocycles. The molecule has 18 heavy (non-hydrogen) atoms. The summed E-state index contributed by atoms with van der Waals surface area (Å²) in [5.74, 6) is -0.128. The first-order valence-electron chi connectivity index (χ1n) is 6.65. The number of carbonyl (C=O) groups excluding carboxylic acids is 1. The molecule has 2 N–H and O–H groups in total. The molecule has 1 aliphatic carbocycles. The van der Waals surface area contributed by atoms with Crippen molar-refractivity contribution in [2.75, 3.05) is 40.1 Å². The van der Waals surface area contributed by atoms with Crippen LogP contribution in [0, 0.1) is 5.41 Å². The lowest BCUT2D eigenvalue weighted by molar-refractivity contribution is -0.148. The Balaban J connectivity index is 1.97. The zero-order valence-electron chi connectivity index (χ0n) is 11.3. The molecule has 0 unspecified atom stereocenters. The molecule has 1 rings (SSSR count). The average Bonchev–Trinajstić information content (AvgIpc) is 2.33. The van der Waals surface area contributed by atoms with Crippen LogP contribution in [0.2, 0.25) is 0 Å². The van der Waals surface area contributed by atoms with Crippen LogP contribution in [0.25, 0.3) is 0 Å². The molecule has 0 radical (unpaired) electrons. The van der Waals surface area contributed by atoms with Gasteiger partial charge < -0.3 is 19.9 Å². The van der Waals surface area contributed by atoms with Crippen LogP contribution in [0.1, 0.15) is 32.1 Å². The van der Waals surface area contributed by atoms with E-state index in [1.807, 2.05) is 0 Å². The minimum absolute atomic E-state index is 0.0338. The monoisotopic (exact) mass is 259 g/mol. The largest absolute Gasteiger partial charge is 0.466 e. The predicted octanol–water partition coefficient (Wildman–Crippen LogP) is 1.10. The van der Waals surface area contributed by atoms with Gasteiger partial charge in [0.15, 0.2) is 0 Å². The minimum atomic E-state index is -0.128. The van der Waals surface area contributed by atoms with E-state index >= 15 is 0 Å². The molecule has 1 aliphatic rings. The zero-order chi connectivity index (χ0) is 13.3. The summed E-state index contributed by atoms with van der Waals surface area (Å²) in [6.45, 7) is 2.78. The Morgan fingerprint density at radius 1 is 1.22 bits per heavy atom. The van der Waals surface area contributed by atoms with Crippen LogP contribution in [-0.4, -0.2) is 46.1 Å². The van der Waals surface area contributed by atoms with Crippen molar-refractivity contribution < 1.29 is 19.0 Å². The van der Waals surface area contributed by atoms with Gasteiger partial charge in [0.25, 0.3) is 0 Å². The summed E-state index contributed by atoms with van der Waals surface area (Å²) in [5.41, 5.74) is 5.73. The summed E-state index contributed by atoms with van der Waals surface area (Å²) in [6, 6.07) is 0. The summed E-state index contributed by atoms with van der Waals surface area (Å²) < 4.78 is 15.3. The van der Waals surface area contributed by atoms with Gasteiger partial charge in [0.2, 0.25) is 0 Å². The van der Waals surface area contributed by atoms with Crippen molar-refractivity contribution in [1.82, 2.24) is 0 Å². The van der Waals surface area contributed by atoms with E-state index in [9.17, 15) is 4.79 Å². The van der Waals surface area contributed by atoms with E-state index in [0.717, 1.165) is 19.3 Å². The highest BCUT2D eigenvalue weighted by Crippen LogP contribution is 2.43. The maximum absolute atomic E-state index is 11.6. The number of esters is 1. The second-order valence-electron chi connectivity index (χ2n) is 4.91. The molecule has 0 atom stereocenters. The van der Waals surface area contributed by atoms with Gasteiger partial charge in [-0.25, -0.2) is 0 Å². The first-order chi connectivity index (χ1) is 8.72. The van der Waals surface area contributed by atoms with Gasteiger partial charge in [0.05, 0.1) is 26.2 Å². The van der Waals surface area contributed by atoms with Gasteiger partial charge in [0.1, 0.15) is 0 Å². The molecule has 0 heterocycles. The molecular weight excluding hydrogens is 234 g/mol. The van der Waals surface area contributed by atoms with E-state index in [1.54, 1.807) is 7.11 Å². The van der Waals surface area contributed by atoms with Crippen molar-refractivity contribution in [2.45, 2.75) is 32.1 Å². The fourth-order valence-corrected chi connectivity index (χ4v) is 2.08. The maximum Gasteiger partial charge on any atom is 0.306 e. The Bertz CT molecular complexity index is 236. The first kappa shape index (κ1) is 15.4. The quantitative estimate of drug-likeness (QED) is 0.470. The molecular formula is C13H25NO4. The number of carbonyl (C=O) groups is 1. The summed E-state index contributed by atoms with van der Waals surface area (Å²) >= 11 is 0. The lowest BCUT2D eigenvalue weighted by atomic mass is 9.67. The third-order valence-electron chi connectivity index (χ3n) is 3.49. The third kappa shape index (κ3) is 5.33. The second-order valence-corrected chi connectivity index (χ2v) is 4.91. The van der Waals surface area contributed by atoms with E-state index in [0.29, 0.717) is 39.4 Å². The lowest BCUT2D eigenvalue weighted by Gasteiger charge is -2.40. The van der Waals surface area contributed by atoms with Gasteiger partial charge in [-0.2, -0.15) is 0 Å². The third-order valence-corrected chi connectivity index (χ3v) is 3.49. The van der Waals surface area contributed by atoms with Crippen LogP contribution in [0.15, 0.2) is 0 Å². The van der Waals surface area contributed by atoms with Crippen molar-refractivity contribution in [2.24, 2.45) is 11.1 Å². The molecule has 1 saturated carbocycles. The van der Waals surface area contributed by atoms with Gasteiger partial charge in [0, 0.05) is 20.1 Å². The van der Waals surface area contributed by atoms with Gasteiger partial charge >= 0.3 is 5.97 Å². The molecule has 1 fully saturated rings. The van der Waals surface area contributed by atoms with Crippen molar-refractivity contribution in [1.29, 1.82) is 0 Å². The molecule has 5 heteroatoms. The Kier molecular flexibility index (Phi) is 7.23. The van der Waals surface area contributed by atoms with Crippen LogP contribution >= 0.6 is 0 Å². The fourth-order valence-electron chi connectivity index (χ4n) is 2.08. The smallest absolute Gasteiger partial charge is 0.306 e. The number of ether oxygens (including phenoxy) is 3. The summed E-state index contributed by atoms with van der Waals surface area (Å²) in [4.78, 5) is 11.6. The van der Waals surface area contributed by atoms with Crippen LogP contribution in [0.5, 0.6) is 0 Å². The highest BCUT2D eigenvalue weighted by Gasteiger charge is 2.37. The fraction of sp³-hybridized carbons (Fsp3) is 0.923. The maximum atomic E-state index is 11.6. The molecule has 0 amide bonds. The summed E-state index contributed by atoms with van der Waals surface area (Å²) in [7, 11) is 1.64. The summed E-state index contributed by atoms with van der Waals surface area (Å²) in [5, 5.41) is 0. The number of methoxy groups -OCH3 is 1. The van der Waals surface area contributed by atoms with E-state index in [2.05, 4.69) is 0 Å². The van der Waals surface area contributed by atoms with Crippen LogP contribution in [0.3, 0.4) is 0 Å². The van der Waals surface area contributed by atoms with Crippen molar-refractivity contribution in [3.8, 4) is 0 Å². The predicted molar refractivity (Wildman–Crippen MR) is 68.2 cm³/mol. The van der Waals surface area contributed by atoms with Gasteiger partial charge in [-0.15, -0.1) is 0 Å². The first-order valence-corrected chi connectivity index (χ1v) is 6.65. The number of hydrogen-bond donors (Lipinski definition) is 1. The lowest BCUT2D eigenvalue weighted by Crippen LogP contribution is -2.39. The molecule has 106 valence electrons. The topological polar surface area (TPSA) is 70.8 Å². The van der Waals surface area contributed by atoms with Crippen molar-refractivity contribution >= 4 is 5.97 Å². The molecule has 5 nitrogen and oxygen atoms in total. The highest BCUT2D eigenvalue weighted by molar-refractivity contribution is 5.70. The van der Waals surface area contributed by atoms with E-state index < -0.39 is 0 Å². The highest BCUT2D eigenvalue weighted by atomic mass is 16.5. The Hall–Kier alpha value is -0.650. The zero-order valence-corrected chi connectivity index (χ0v) is 11.3. The molecule has 0 aromatic heterocycles. The van der Waals surface area contributed by atoms with Gasteiger partial charge in [-0.05, 0) is 24.8 Å². The van der Waals surface area contributed by atoms with Gasteiger partial charge in [-0.3, -0.25) is 4.79 Å². The number of rotatable bonds is 10. The van der Waals surface area contributed by atoms with Crippen LogP contribution in [-0.2, 0) is 19.0 Å². The standard InChI is InChI=1S/C13H25NO4/c1-16-8-9-17-6-3-7-18-12(15)10-13(11-14)4-2-5-13/h2-11,14H2,1H3. The molecule has 0 aromatic rings. The van der Waals surface area contributed by atoms with E-state index in [4.69, 9.17) is 19.9 Å². The second kappa shape index (κ2) is 8.45. The van der Waals surface area contributed by atoms with Gasteiger partial charge in [-0.1, -0.05) is 6.42 Å². The molecule has 0 aromatic carbocycles. The number of hydrogen-bond acceptors (Lipinski definition) is 5. The van der Waals surface area contributed by atoms with E-state index in [-0.39, 0.29) is 11.4 Å². The SMILES string of the molecule is COCCOCCCOC(=O)CC1(CN)CCC1. The average molecular weight is 259 g/mol. The van der Waals surface area contributed by atoms with Crippen LogP contribution < -0.4 is 5.73 Å². The Morgan fingerprint density at radius 3 is 2.56 bits per heavy atom. The van der Waals surface area contributed by atoms with E-state index in [1.165, 1.54) is 6.42 Å². The molecule has 0 spiro atoms. The number of nitrogens with two attached hydrogens (primary N) is 1. The van der Waals surface area contributed by atoms with Crippen molar-refractivity contribution in [3.05, 3.63) is 0 Å². The Morgan fingerprint density at radius 2 is 2.00 bits per heavy atom. The van der Waals surface area contributed by atoms with Crippen LogP contribution in [0.4, 0.5) is 0 Å². The Labute approximate surface area is 109 Å². The normalized spacial score (nSPS) is 17.2. The molecule has 0 bridgehead atoms.